The molecule has 7 nitrogen and oxygen atoms in total. The van der Waals surface area contributed by atoms with E-state index in [-0.39, 0.29) is 24.0 Å². The third-order valence-electron chi connectivity index (χ3n) is 5.36. The van der Waals surface area contributed by atoms with Gasteiger partial charge in [0.25, 0.3) is 0 Å². The third kappa shape index (κ3) is 7.51. The normalized spacial score (nSPS) is 17.2. The van der Waals surface area contributed by atoms with E-state index in [4.69, 9.17) is 4.52 Å². The van der Waals surface area contributed by atoms with Crippen LogP contribution < -0.4 is 10.6 Å². The van der Waals surface area contributed by atoms with E-state index in [0.29, 0.717) is 12.5 Å². The highest BCUT2D eigenvalue weighted by Crippen LogP contribution is 2.15. The number of guanidine groups is 1. The first-order valence-corrected chi connectivity index (χ1v) is 10.5. The summed E-state index contributed by atoms with van der Waals surface area (Å²) in [5.41, 5.74) is 2.21. The molecule has 1 aromatic rings. The summed E-state index contributed by atoms with van der Waals surface area (Å²) in [6.45, 7) is 17.4. The second-order valence-corrected chi connectivity index (χ2v) is 7.38. The number of nitrogens with zero attached hydrogens (tertiary/aromatic N) is 4. The number of piperazine rings is 1. The number of rotatable bonds is 9. The Morgan fingerprint density at radius 3 is 2.36 bits per heavy atom. The van der Waals surface area contributed by atoms with Crippen LogP contribution in [-0.2, 0) is 19.4 Å². The molecule has 0 amide bonds. The molecule has 0 radical (unpaired) electrons. The highest BCUT2D eigenvalue weighted by atomic mass is 127. The van der Waals surface area contributed by atoms with Crippen molar-refractivity contribution in [1.82, 2.24) is 25.6 Å². The molecule has 1 unspecified atom stereocenters. The van der Waals surface area contributed by atoms with Gasteiger partial charge in [0.05, 0.1) is 5.69 Å². The molecule has 28 heavy (non-hydrogen) atoms. The molecule has 1 aliphatic rings. The Bertz CT molecular complexity index is 562. The quantitative estimate of drug-likeness (QED) is 0.305. The minimum Gasteiger partial charge on any atom is -0.361 e. The first-order valence-electron chi connectivity index (χ1n) is 10.5. The lowest BCUT2D eigenvalue weighted by molar-refractivity contribution is 0.124. The average Bonchev–Trinajstić information content (AvgIpc) is 3.10. The summed E-state index contributed by atoms with van der Waals surface area (Å²) >= 11 is 0. The Balaban J connectivity index is 0.00000392. The van der Waals surface area contributed by atoms with Crippen molar-refractivity contribution in [2.45, 2.75) is 47.1 Å². The maximum absolute atomic E-state index is 5.44. The number of hydrogen-bond acceptors (Lipinski definition) is 5. The second kappa shape index (κ2) is 13.4. The molecule has 1 fully saturated rings. The predicted octanol–water partition coefficient (Wildman–Crippen LogP) is 2.36. The molecule has 162 valence electrons. The first kappa shape index (κ1) is 25.2. The zero-order chi connectivity index (χ0) is 19.6. The highest BCUT2D eigenvalue weighted by molar-refractivity contribution is 14.0. The fourth-order valence-electron chi connectivity index (χ4n) is 3.59. The number of aromatic nitrogens is 1. The molecule has 1 atom stereocenters. The Morgan fingerprint density at radius 2 is 1.79 bits per heavy atom. The van der Waals surface area contributed by atoms with Gasteiger partial charge in [-0.15, -0.1) is 24.0 Å². The van der Waals surface area contributed by atoms with Crippen LogP contribution in [0, 0.1) is 5.92 Å². The Morgan fingerprint density at radius 1 is 1.11 bits per heavy atom. The fourth-order valence-corrected chi connectivity index (χ4v) is 3.59. The van der Waals surface area contributed by atoms with Crippen LogP contribution in [0.15, 0.2) is 9.52 Å². The minimum absolute atomic E-state index is 0. The molecule has 0 spiro atoms. The largest absolute Gasteiger partial charge is 0.361 e. The van der Waals surface area contributed by atoms with Gasteiger partial charge < -0.3 is 25.0 Å². The molecule has 0 saturated carbocycles. The highest BCUT2D eigenvalue weighted by Gasteiger charge is 2.18. The van der Waals surface area contributed by atoms with Gasteiger partial charge in [-0.25, -0.2) is 0 Å². The van der Waals surface area contributed by atoms with E-state index in [0.717, 1.165) is 43.3 Å². The molecule has 2 N–H and O–H groups in total. The van der Waals surface area contributed by atoms with Crippen molar-refractivity contribution in [1.29, 1.82) is 0 Å². The van der Waals surface area contributed by atoms with Crippen LogP contribution in [-0.4, -0.2) is 73.8 Å². The maximum atomic E-state index is 5.44. The lowest BCUT2D eigenvalue weighted by atomic mass is 10.1. The van der Waals surface area contributed by atoms with Gasteiger partial charge in [0.15, 0.2) is 5.96 Å². The summed E-state index contributed by atoms with van der Waals surface area (Å²) in [4.78, 5) is 9.46. The number of halogens is 1. The molecular weight excluding hydrogens is 467 g/mol. The standard InChI is InChI=1S/C20H38N6O.HI/c1-6-18-17(19(7-2)27-24-18)14-23-20(21-5)22-13-16(4)15-26-11-9-25(8-3)10-12-26;/h16H,6-15H2,1-5H3,(H2,21,22,23);1H. The molecule has 0 bridgehead atoms. The van der Waals surface area contributed by atoms with Crippen molar-refractivity contribution >= 4 is 29.9 Å². The number of likely N-dealkylation sites (N-methyl/N-ethyl adjacent to an activating group) is 1. The van der Waals surface area contributed by atoms with Crippen molar-refractivity contribution in [2.75, 3.05) is 52.9 Å². The zero-order valence-electron chi connectivity index (χ0n) is 18.3. The topological polar surface area (TPSA) is 68.9 Å². The van der Waals surface area contributed by atoms with Gasteiger partial charge in [-0.1, -0.05) is 32.9 Å². The van der Waals surface area contributed by atoms with E-state index in [2.05, 4.69) is 58.3 Å². The molecule has 1 saturated heterocycles. The summed E-state index contributed by atoms with van der Waals surface area (Å²) in [6, 6.07) is 0. The van der Waals surface area contributed by atoms with Gasteiger partial charge in [0.2, 0.25) is 0 Å². The van der Waals surface area contributed by atoms with Crippen molar-refractivity contribution in [3.05, 3.63) is 17.0 Å². The third-order valence-corrected chi connectivity index (χ3v) is 5.36. The van der Waals surface area contributed by atoms with Gasteiger partial charge in [-0.3, -0.25) is 4.99 Å². The van der Waals surface area contributed by atoms with Crippen LogP contribution in [0.2, 0.25) is 0 Å². The van der Waals surface area contributed by atoms with Crippen LogP contribution in [0.5, 0.6) is 0 Å². The van der Waals surface area contributed by atoms with Gasteiger partial charge in [-0.2, -0.15) is 0 Å². The van der Waals surface area contributed by atoms with Crippen molar-refractivity contribution in [2.24, 2.45) is 10.9 Å². The molecule has 2 heterocycles. The van der Waals surface area contributed by atoms with Gasteiger partial charge in [0.1, 0.15) is 5.76 Å². The molecule has 8 heteroatoms. The Labute approximate surface area is 187 Å². The predicted molar refractivity (Wildman–Crippen MR) is 127 cm³/mol. The lowest BCUT2D eigenvalue weighted by Gasteiger charge is -2.35. The van der Waals surface area contributed by atoms with E-state index in [1.807, 2.05) is 7.05 Å². The minimum atomic E-state index is 0. The Kier molecular flexibility index (Phi) is 12.0. The van der Waals surface area contributed by atoms with Crippen LogP contribution in [0.3, 0.4) is 0 Å². The monoisotopic (exact) mass is 506 g/mol. The Hall–Kier alpha value is -0.870. The molecule has 0 aliphatic carbocycles. The van der Waals surface area contributed by atoms with Crippen molar-refractivity contribution < 1.29 is 4.52 Å². The molecular formula is C20H39IN6O. The van der Waals surface area contributed by atoms with Crippen molar-refractivity contribution in [3.8, 4) is 0 Å². The molecule has 2 rings (SSSR count). The fraction of sp³-hybridized carbons (Fsp3) is 0.800. The number of aliphatic imine (C=N–C) groups is 1. The van der Waals surface area contributed by atoms with Gasteiger partial charge in [0, 0.05) is 64.8 Å². The maximum Gasteiger partial charge on any atom is 0.191 e. The van der Waals surface area contributed by atoms with E-state index in [1.54, 1.807) is 0 Å². The first-order chi connectivity index (χ1) is 13.1. The second-order valence-electron chi connectivity index (χ2n) is 7.38. The molecule has 1 aromatic heterocycles. The summed E-state index contributed by atoms with van der Waals surface area (Å²) in [5.74, 6) is 2.38. The summed E-state index contributed by atoms with van der Waals surface area (Å²) in [5, 5.41) is 11.1. The van der Waals surface area contributed by atoms with Crippen molar-refractivity contribution in [3.63, 3.8) is 0 Å². The van der Waals surface area contributed by atoms with E-state index >= 15 is 0 Å². The lowest BCUT2D eigenvalue weighted by Crippen LogP contribution is -2.48. The summed E-state index contributed by atoms with van der Waals surface area (Å²) in [6.07, 6.45) is 1.74. The van der Waals surface area contributed by atoms with Gasteiger partial charge >= 0.3 is 0 Å². The average molecular weight is 506 g/mol. The SMILES string of the molecule is CCc1noc(CC)c1CNC(=NC)NCC(C)CN1CCN(CC)CC1.I. The van der Waals surface area contributed by atoms with E-state index < -0.39 is 0 Å². The van der Waals surface area contributed by atoms with Crippen LogP contribution in [0.25, 0.3) is 0 Å². The summed E-state index contributed by atoms with van der Waals surface area (Å²) in [7, 11) is 1.82. The number of aryl methyl sites for hydroxylation is 2. The van der Waals surface area contributed by atoms with Crippen LogP contribution in [0.4, 0.5) is 0 Å². The summed E-state index contributed by atoms with van der Waals surface area (Å²) < 4.78 is 5.44. The number of hydrogen-bond donors (Lipinski definition) is 2. The number of nitrogens with one attached hydrogen (secondary N) is 2. The van der Waals surface area contributed by atoms with Crippen LogP contribution >= 0.6 is 24.0 Å². The van der Waals surface area contributed by atoms with Gasteiger partial charge in [-0.05, 0) is 18.9 Å². The smallest absolute Gasteiger partial charge is 0.191 e. The zero-order valence-corrected chi connectivity index (χ0v) is 20.6. The molecule has 1 aliphatic heterocycles. The van der Waals surface area contributed by atoms with Crippen LogP contribution in [0.1, 0.15) is 44.7 Å². The van der Waals surface area contributed by atoms with E-state index in [1.165, 1.54) is 38.3 Å². The molecule has 0 aromatic carbocycles. The van der Waals surface area contributed by atoms with E-state index in [9.17, 15) is 0 Å².